The van der Waals surface area contributed by atoms with E-state index in [9.17, 15) is 0 Å². The minimum atomic E-state index is 0.146. The van der Waals surface area contributed by atoms with Gasteiger partial charge in [-0.3, -0.25) is 0 Å². The summed E-state index contributed by atoms with van der Waals surface area (Å²) < 4.78 is 9.22. The average molecular weight is 656 g/mol. The lowest BCUT2D eigenvalue weighted by Gasteiger charge is -2.52. The van der Waals surface area contributed by atoms with Crippen molar-refractivity contribution in [3.05, 3.63) is 173 Å². The van der Waals surface area contributed by atoms with Crippen LogP contribution in [0.5, 0.6) is 0 Å². The van der Waals surface area contributed by atoms with Crippen molar-refractivity contribution in [2.24, 2.45) is 11.8 Å². The van der Waals surface area contributed by atoms with Crippen LogP contribution in [0.4, 0.5) is 0 Å². The van der Waals surface area contributed by atoms with E-state index in [1.807, 2.05) is 0 Å². The van der Waals surface area contributed by atoms with Gasteiger partial charge in [0, 0.05) is 44.5 Å². The van der Waals surface area contributed by atoms with E-state index < -0.39 is 0 Å². The van der Waals surface area contributed by atoms with Crippen molar-refractivity contribution in [2.45, 2.75) is 35.9 Å². The van der Waals surface area contributed by atoms with Crippen molar-refractivity contribution >= 4 is 31.9 Å². The molecule has 1 saturated heterocycles. The number of ether oxygens (including phenoxy) is 1. The molecule has 5 aromatic carbocycles. The molecule has 41 heavy (non-hydrogen) atoms. The van der Waals surface area contributed by atoms with Gasteiger partial charge in [0.15, 0.2) is 0 Å². The van der Waals surface area contributed by atoms with E-state index in [-0.39, 0.29) is 12.2 Å². The predicted molar refractivity (Wildman–Crippen MR) is 167 cm³/mol. The predicted octanol–water partition coefficient (Wildman–Crippen LogP) is 9.85. The van der Waals surface area contributed by atoms with Crippen molar-refractivity contribution in [1.29, 1.82) is 0 Å². The molecule has 1 fully saturated rings. The van der Waals surface area contributed by atoms with Crippen LogP contribution in [-0.4, -0.2) is 0 Å². The summed E-state index contributed by atoms with van der Waals surface area (Å²) in [4.78, 5) is 0. The molecule has 0 amide bonds. The first-order chi connectivity index (χ1) is 20.2. The van der Waals surface area contributed by atoms with Gasteiger partial charge in [-0.15, -0.1) is 0 Å². The summed E-state index contributed by atoms with van der Waals surface area (Å²) in [7, 11) is 0. The maximum atomic E-state index is 6.98. The first-order valence-corrected chi connectivity index (χ1v) is 16.4. The monoisotopic (exact) mass is 654 g/mol. The maximum Gasteiger partial charge on any atom is 0.0878 e. The Morgan fingerprint density at radius 2 is 0.756 bits per heavy atom. The van der Waals surface area contributed by atoms with Gasteiger partial charge < -0.3 is 4.74 Å². The molecule has 2 aliphatic heterocycles. The highest BCUT2D eigenvalue weighted by Gasteiger charge is 2.63. The molecule has 6 atom stereocenters. The molecule has 3 heteroatoms. The summed E-state index contributed by atoms with van der Waals surface area (Å²) >= 11 is 7.57. The number of halogens is 2. The zero-order valence-electron chi connectivity index (χ0n) is 22.0. The summed E-state index contributed by atoms with van der Waals surface area (Å²) in [6.07, 6.45) is 0.291. The van der Waals surface area contributed by atoms with Crippen LogP contribution >= 0.6 is 31.9 Å². The molecule has 0 aromatic heterocycles. The highest BCUT2D eigenvalue weighted by Crippen LogP contribution is 2.73. The third-order valence-electron chi connectivity index (χ3n) is 11.4. The van der Waals surface area contributed by atoms with Gasteiger partial charge in [0.1, 0.15) is 0 Å². The third-order valence-corrected chi connectivity index (χ3v) is 13.3. The Balaban J connectivity index is 1.18. The second-order valence-electron chi connectivity index (χ2n) is 12.8. The van der Waals surface area contributed by atoms with Gasteiger partial charge >= 0.3 is 0 Å². The zero-order valence-corrected chi connectivity index (χ0v) is 25.2. The van der Waals surface area contributed by atoms with E-state index in [4.69, 9.17) is 4.74 Å². The van der Waals surface area contributed by atoms with Crippen LogP contribution in [0.1, 0.15) is 103 Å². The van der Waals surface area contributed by atoms with E-state index in [0.717, 1.165) is 8.95 Å². The fraction of sp³-hybridized carbons (Fsp3) is 0.211. The highest BCUT2D eigenvalue weighted by molar-refractivity contribution is 9.13. The minimum Gasteiger partial charge on any atom is -0.365 e. The minimum absolute atomic E-state index is 0.146. The molecule has 196 valence electrons. The van der Waals surface area contributed by atoms with Crippen molar-refractivity contribution < 1.29 is 4.74 Å². The lowest BCUT2D eigenvalue weighted by atomic mass is 9.49. The molecule has 0 saturated carbocycles. The van der Waals surface area contributed by atoms with Gasteiger partial charge in [-0.2, -0.15) is 0 Å². The normalized spacial score (nSPS) is 31.1. The van der Waals surface area contributed by atoms with Crippen LogP contribution in [0.25, 0.3) is 0 Å². The lowest BCUT2D eigenvalue weighted by molar-refractivity contribution is 0.0533. The van der Waals surface area contributed by atoms with Gasteiger partial charge in [-0.1, -0.05) is 84.9 Å². The fourth-order valence-electron chi connectivity index (χ4n) is 10.2. The van der Waals surface area contributed by atoms with E-state index in [1.165, 1.54) is 55.6 Å². The fourth-order valence-corrected chi connectivity index (χ4v) is 10.9. The summed E-state index contributed by atoms with van der Waals surface area (Å²) in [5, 5.41) is 0. The number of rotatable bonds is 0. The Kier molecular flexibility index (Phi) is 4.13. The summed E-state index contributed by atoms with van der Waals surface area (Å²) in [6.45, 7) is 0. The molecule has 1 nitrogen and oxygen atoms in total. The number of hydrogen-bond acceptors (Lipinski definition) is 1. The van der Waals surface area contributed by atoms with E-state index in [0.29, 0.717) is 35.5 Å². The molecule has 0 spiro atoms. The molecular weight excluding hydrogens is 632 g/mol. The van der Waals surface area contributed by atoms with Crippen molar-refractivity contribution in [2.75, 3.05) is 0 Å². The van der Waals surface area contributed by atoms with Crippen LogP contribution < -0.4 is 0 Å². The lowest BCUT2D eigenvalue weighted by Crippen LogP contribution is -2.42. The van der Waals surface area contributed by atoms with Crippen molar-refractivity contribution in [3.8, 4) is 0 Å². The van der Waals surface area contributed by atoms with Crippen LogP contribution in [0.3, 0.4) is 0 Å². The SMILES string of the molecule is Brc1cc2c(cc1Br)[C@@H]1O[C@@H]2[C@@H]2[C@H]3c4ccccc4[C@@H](c4cc5c(cc43)C3c4ccccc4C5c4ccccc43)[C@H]21. The molecule has 8 aliphatic rings. The van der Waals surface area contributed by atoms with E-state index in [2.05, 4.69) is 129 Å². The first-order valence-electron chi connectivity index (χ1n) is 14.8. The Bertz CT molecular complexity index is 1840. The Hall–Kier alpha value is -2.98. The summed E-state index contributed by atoms with van der Waals surface area (Å²) in [5.74, 6) is 2.27. The second kappa shape index (κ2) is 7.50. The Morgan fingerprint density at radius 1 is 0.390 bits per heavy atom. The largest absolute Gasteiger partial charge is 0.365 e. The molecule has 0 N–H and O–H groups in total. The van der Waals surface area contributed by atoms with E-state index >= 15 is 0 Å². The average Bonchev–Trinajstić information content (AvgIpc) is 3.57. The highest BCUT2D eigenvalue weighted by atomic mass is 79.9. The molecule has 5 aromatic rings. The molecule has 13 rings (SSSR count). The summed E-state index contributed by atoms with van der Waals surface area (Å²) in [5.41, 5.74) is 18.0. The van der Waals surface area contributed by atoms with E-state index in [1.54, 1.807) is 11.1 Å². The number of hydrogen-bond donors (Lipinski definition) is 0. The Morgan fingerprint density at radius 3 is 1.15 bits per heavy atom. The van der Waals surface area contributed by atoms with Gasteiger partial charge in [0.2, 0.25) is 0 Å². The molecule has 0 unspecified atom stereocenters. The molecule has 2 heterocycles. The van der Waals surface area contributed by atoms with Crippen LogP contribution in [0, 0.1) is 11.8 Å². The molecule has 6 bridgehead atoms. The van der Waals surface area contributed by atoms with Crippen LogP contribution in [-0.2, 0) is 4.74 Å². The van der Waals surface area contributed by atoms with Crippen molar-refractivity contribution in [1.82, 2.24) is 0 Å². The third kappa shape index (κ3) is 2.53. The second-order valence-corrected chi connectivity index (χ2v) is 14.6. The van der Waals surface area contributed by atoms with Gasteiger partial charge in [-0.25, -0.2) is 0 Å². The molecule has 6 aliphatic carbocycles. The van der Waals surface area contributed by atoms with Crippen LogP contribution in [0.2, 0.25) is 0 Å². The standard InChI is InChI=1S/C38H24Br2O/c39-29-15-27-28(16-30(29)40)38-36-34-22-12-6-5-11-21(22)33(35(36)37(27)41-38)25-13-23-24(14-26(25)34)32-18-8-2-1-7-17(18)31(23)19-9-3-4-10-20(19)32/h1-16,31-38H/t31?,32?,33-,34-,35+,36+,37-,38-/m0/s1. The quantitative estimate of drug-likeness (QED) is 0.158. The Labute approximate surface area is 255 Å². The maximum absolute atomic E-state index is 6.98. The number of fused-ring (bicyclic) bond motifs is 5. The van der Waals surface area contributed by atoms with Crippen LogP contribution in [0.15, 0.2) is 106 Å². The molecular formula is C38H24Br2O. The van der Waals surface area contributed by atoms with Crippen molar-refractivity contribution in [3.63, 3.8) is 0 Å². The number of benzene rings is 5. The smallest absolute Gasteiger partial charge is 0.0878 e. The zero-order chi connectivity index (χ0) is 26.7. The first kappa shape index (κ1) is 22.6. The molecule has 0 radical (unpaired) electrons. The summed E-state index contributed by atoms with van der Waals surface area (Å²) in [6, 6.07) is 37.7. The van der Waals surface area contributed by atoms with Gasteiger partial charge in [0.25, 0.3) is 0 Å². The van der Waals surface area contributed by atoms with Gasteiger partial charge in [0.05, 0.1) is 12.2 Å². The van der Waals surface area contributed by atoms with Gasteiger partial charge in [-0.05, 0) is 111 Å². The topological polar surface area (TPSA) is 9.23 Å².